The van der Waals surface area contributed by atoms with Gasteiger partial charge in [-0.2, -0.15) is 0 Å². The van der Waals surface area contributed by atoms with Crippen molar-refractivity contribution in [3.63, 3.8) is 0 Å². The van der Waals surface area contributed by atoms with Crippen molar-refractivity contribution in [1.82, 2.24) is 10.3 Å². The lowest BCUT2D eigenvalue weighted by Gasteiger charge is -2.16. The summed E-state index contributed by atoms with van der Waals surface area (Å²) in [6, 6.07) is -1.08. The van der Waals surface area contributed by atoms with Gasteiger partial charge in [0.1, 0.15) is 0 Å². The summed E-state index contributed by atoms with van der Waals surface area (Å²) in [6.07, 6.45) is -0.154. The van der Waals surface area contributed by atoms with E-state index in [4.69, 9.17) is 11.5 Å². The SMILES string of the molecule is Cc1nc(C)c(C(C)NC(=O)C(N)CC(N)=O)s1. The first-order chi connectivity index (χ1) is 8.31. The monoisotopic (exact) mass is 270 g/mol. The third-order valence-corrected chi connectivity index (χ3v) is 3.70. The average Bonchev–Trinajstić information content (AvgIpc) is 2.56. The van der Waals surface area contributed by atoms with Gasteiger partial charge in [-0.1, -0.05) is 0 Å². The van der Waals surface area contributed by atoms with Crippen molar-refractivity contribution in [1.29, 1.82) is 0 Å². The Bertz CT molecular complexity index is 458. The van der Waals surface area contributed by atoms with Crippen LogP contribution in [0.3, 0.4) is 0 Å². The molecule has 0 radical (unpaired) electrons. The number of nitrogens with zero attached hydrogens (tertiary/aromatic N) is 1. The fourth-order valence-electron chi connectivity index (χ4n) is 1.64. The molecular weight excluding hydrogens is 252 g/mol. The number of thiazole rings is 1. The smallest absolute Gasteiger partial charge is 0.237 e. The molecule has 18 heavy (non-hydrogen) atoms. The maximum atomic E-state index is 11.7. The molecule has 100 valence electrons. The first kappa shape index (κ1) is 14.6. The van der Waals surface area contributed by atoms with Crippen molar-refractivity contribution in [2.24, 2.45) is 11.5 Å². The molecule has 2 atom stereocenters. The molecule has 0 bridgehead atoms. The lowest BCUT2D eigenvalue weighted by molar-refractivity contribution is -0.126. The Hall–Kier alpha value is -1.47. The molecule has 0 aromatic carbocycles. The number of carbonyl (C=O) groups is 2. The number of primary amides is 1. The van der Waals surface area contributed by atoms with Gasteiger partial charge in [0.25, 0.3) is 0 Å². The van der Waals surface area contributed by atoms with Crippen LogP contribution in [0.5, 0.6) is 0 Å². The van der Waals surface area contributed by atoms with Crippen LogP contribution in [0.4, 0.5) is 0 Å². The summed E-state index contributed by atoms with van der Waals surface area (Å²) < 4.78 is 0. The van der Waals surface area contributed by atoms with E-state index in [9.17, 15) is 9.59 Å². The third kappa shape index (κ3) is 3.78. The van der Waals surface area contributed by atoms with Crippen molar-refractivity contribution in [2.75, 3.05) is 0 Å². The molecule has 2 amide bonds. The van der Waals surface area contributed by atoms with Gasteiger partial charge in [-0.25, -0.2) is 4.98 Å². The number of nitrogens with two attached hydrogens (primary N) is 2. The molecular formula is C11H18N4O2S. The number of hydrogen-bond donors (Lipinski definition) is 3. The second kappa shape index (κ2) is 5.92. The van der Waals surface area contributed by atoms with Crippen molar-refractivity contribution in [3.8, 4) is 0 Å². The first-order valence-corrected chi connectivity index (χ1v) is 6.41. The van der Waals surface area contributed by atoms with Crippen molar-refractivity contribution >= 4 is 23.2 Å². The number of aryl methyl sites for hydroxylation is 2. The van der Waals surface area contributed by atoms with E-state index in [0.29, 0.717) is 0 Å². The highest BCUT2D eigenvalue weighted by Gasteiger charge is 2.20. The van der Waals surface area contributed by atoms with E-state index in [1.54, 1.807) is 0 Å². The summed E-state index contributed by atoms with van der Waals surface area (Å²) in [6.45, 7) is 5.66. The summed E-state index contributed by atoms with van der Waals surface area (Å²) in [5, 5.41) is 3.70. The Labute approximate surface area is 110 Å². The van der Waals surface area contributed by atoms with Gasteiger partial charge in [0.05, 0.1) is 29.2 Å². The van der Waals surface area contributed by atoms with Crippen LogP contribution in [0.25, 0.3) is 0 Å². The van der Waals surface area contributed by atoms with Gasteiger partial charge in [0, 0.05) is 4.88 Å². The van der Waals surface area contributed by atoms with E-state index < -0.39 is 11.9 Å². The Balaban J connectivity index is 2.64. The molecule has 0 aliphatic rings. The van der Waals surface area contributed by atoms with Gasteiger partial charge in [0.15, 0.2) is 0 Å². The van der Waals surface area contributed by atoms with Gasteiger partial charge in [-0.3, -0.25) is 9.59 Å². The van der Waals surface area contributed by atoms with E-state index in [1.807, 2.05) is 20.8 Å². The van der Waals surface area contributed by atoms with Crippen LogP contribution in [-0.2, 0) is 9.59 Å². The number of rotatable bonds is 5. The zero-order valence-electron chi connectivity index (χ0n) is 10.7. The van der Waals surface area contributed by atoms with Gasteiger partial charge in [-0.05, 0) is 20.8 Å². The van der Waals surface area contributed by atoms with Gasteiger partial charge >= 0.3 is 0 Å². The molecule has 0 aliphatic heterocycles. The van der Waals surface area contributed by atoms with Crippen LogP contribution in [0.15, 0.2) is 0 Å². The summed E-state index contributed by atoms with van der Waals surface area (Å²) in [5.41, 5.74) is 11.5. The van der Waals surface area contributed by atoms with E-state index in [1.165, 1.54) is 11.3 Å². The van der Waals surface area contributed by atoms with E-state index in [0.717, 1.165) is 15.6 Å². The molecule has 0 aliphatic carbocycles. The van der Waals surface area contributed by atoms with E-state index >= 15 is 0 Å². The third-order valence-electron chi connectivity index (χ3n) is 2.45. The molecule has 7 heteroatoms. The Kier molecular flexibility index (Phi) is 4.80. The van der Waals surface area contributed by atoms with Gasteiger partial charge in [-0.15, -0.1) is 11.3 Å². The molecule has 2 unspecified atom stereocenters. The minimum Gasteiger partial charge on any atom is -0.370 e. The van der Waals surface area contributed by atoms with Crippen molar-refractivity contribution in [3.05, 3.63) is 15.6 Å². The minimum atomic E-state index is -0.903. The van der Waals surface area contributed by atoms with Gasteiger partial charge in [0.2, 0.25) is 11.8 Å². The molecule has 1 rings (SSSR count). The Morgan fingerprint density at radius 1 is 1.44 bits per heavy atom. The van der Waals surface area contributed by atoms with Crippen LogP contribution < -0.4 is 16.8 Å². The number of hydrogen-bond acceptors (Lipinski definition) is 5. The molecule has 5 N–H and O–H groups in total. The molecule has 0 fully saturated rings. The number of carbonyl (C=O) groups excluding carboxylic acids is 2. The lowest BCUT2D eigenvalue weighted by atomic mass is 10.1. The predicted molar refractivity (Wildman–Crippen MR) is 69.9 cm³/mol. The van der Waals surface area contributed by atoms with Crippen LogP contribution in [0.1, 0.15) is 35.0 Å². The normalized spacial score (nSPS) is 14.0. The first-order valence-electron chi connectivity index (χ1n) is 5.59. The summed E-state index contributed by atoms with van der Waals surface area (Å²) in [5.74, 6) is -0.970. The number of nitrogens with one attached hydrogen (secondary N) is 1. The molecule has 0 saturated carbocycles. The average molecular weight is 270 g/mol. The number of aromatic nitrogens is 1. The van der Waals surface area contributed by atoms with Crippen LogP contribution in [0, 0.1) is 13.8 Å². The second-order valence-electron chi connectivity index (χ2n) is 4.19. The molecule has 1 heterocycles. The van der Waals surface area contributed by atoms with E-state index in [-0.39, 0.29) is 18.4 Å². The molecule has 1 aromatic rings. The van der Waals surface area contributed by atoms with Crippen LogP contribution >= 0.6 is 11.3 Å². The van der Waals surface area contributed by atoms with Crippen LogP contribution in [0.2, 0.25) is 0 Å². The zero-order chi connectivity index (χ0) is 13.9. The molecule has 1 aromatic heterocycles. The fourth-order valence-corrected chi connectivity index (χ4v) is 2.57. The topological polar surface area (TPSA) is 111 Å². The lowest BCUT2D eigenvalue weighted by Crippen LogP contribution is -2.43. The molecule has 0 saturated heterocycles. The molecule has 0 spiro atoms. The summed E-state index contributed by atoms with van der Waals surface area (Å²) in [4.78, 5) is 27.7. The van der Waals surface area contributed by atoms with E-state index in [2.05, 4.69) is 10.3 Å². The largest absolute Gasteiger partial charge is 0.370 e. The standard InChI is InChI=1S/C11H18N4O2S/c1-5-10(18-7(3)14-5)6(2)15-11(17)8(12)4-9(13)16/h6,8H,4,12H2,1-3H3,(H2,13,16)(H,15,17). The predicted octanol–water partition coefficient (Wildman–Crippen LogP) is 0.140. The van der Waals surface area contributed by atoms with Crippen LogP contribution in [-0.4, -0.2) is 22.8 Å². The highest BCUT2D eigenvalue weighted by atomic mass is 32.1. The highest BCUT2D eigenvalue weighted by Crippen LogP contribution is 2.24. The fraction of sp³-hybridized carbons (Fsp3) is 0.545. The van der Waals surface area contributed by atoms with Crippen molar-refractivity contribution in [2.45, 2.75) is 39.3 Å². The number of amides is 2. The summed E-state index contributed by atoms with van der Waals surface area (Å²) >= 11 is 1.53. The second-order valence-corrected chi connectivity index (χ2v) is 5.42. The molecule has 6 nitrogen and oxygen atoms in total. The highest BCUT2D eigenvalue weighted by molar-refractivity contribution is 7.11. The Morgan fingerprint density at radius 3 is 2.50 bits per heavy atom. The quantitative estimate of drug-likeness (QED) is 0.706. The maximum absolute atomic E-state index is 11.7. The minimum absolute atomic E-state index is 0.154. The van der Waals surface area contributed by atoms with Crippen molar-refractivity contribution < 1.29 is 9.59 Å². The van der Waals surface area contributed by atoms with Gasteiger partial charge < -0.3 is 16.8 Å². The summed E-state index contributed by atoms with van der Waals surface area (Å²) in [7, 11) is 0. The Morgan fingerprint density at radius 2 is 2.06 bits per heavy atom. The zero-order valence-corrected chi connectivity index (χ0v) is 11.5. The maximum Gasteiger partial charge on any atom is 0.237 e.